The van der Waals surface area contributed by atoms with Gasteiger partial charge in [-0.3, -0.25) is 9.59 Å². The minimum atomic E-state index is -0.839. The van der Waals surface area contributed by atoms with Crippen molar-refractivity contribution in [3.05, 3.63) is 34.3 Å². The summed E-state index contributed by atoms with van der Waals surface area (Å²) in [5.41, 5.74) is 2.04. The fraction of sp³-hybridized carbons (Fsp3) is 0.467. The summed E-state index contributed by atoms with van der Waals surface area (Å²) >= 11 is 6.02. The molecule has 1 aromatic rings. The van der Waals surface area contributed by atoms with Crippen LogP contribution in [-0.4, -0.2) is 23.5 Å². The Morgan fingerprint density at radius 3 is 2.70 bits per heavy atom. The van der Waals surface area contributed by atoms with E-state index in [1.807, 2.05) is 25.1 Å². The van der Waals surface area contributed by atoms with Gasteiger partial charge in [0, 0.05) is 18.0 Å². The Bertz CT molecular complexity index is 488. The summed E-state index contributed by atoms with van der Waals surface area (Å²) in [6, 6.07) is 5.77. The molecule has 1 atom stereocenters. The van der Waals surface area contributed by atoms with Gasteiger partial charge in [-0.15, -0.1) is 0 Å². The number of hydrogen-bond donors (Lipinski definition) is 2. The molecule has 1 rings (SSSR count). The number of carbonyl (C=O) groups excluding carboxylic acids is 1. The van der Waals surface area contributed by atoms with Gasteiger partial charge in [0.25, 0.3) is 0 Å². The van der Waals surface area contributed by atoms with Crippen LogP contribution in [0.4, 0.5) is 0 Å². The lowest BCUT2D eigenvalue weighted by Gasteiger charge is -2.08. The van der Waals surface area contributed by atoms with Gasteiger partial charge in [0.05, 0.1) is 5.92 Å². The summed E-state index contributed by atoms with van der Waals surface area (Å²) < 4.78 is 0. The number of amides is 1. The highest BCUT2D eigenvalue weighted by molar-refractivity contribution is 6.31. The predicted molar refractivity (Wildman–Crippen MR) is 78.9 cm³/mol. The molecule has 1 aromatic carbocycles. The number of carbonyl (C=O) groups is 2. The van der Waals surface area contributed by atoms with Crippen LogP contribution in [0.3, 0.4) is 0 Å². The van der Waals surface area contributed by atoms with Crippen LogP contribution < -0.4 is 5.32 Å². The smallest absolute Gasteiger partial charge is 0.306 e. The maximum Gasteiger partial charge on any atom is 0.306 e. The second-order valence-electron chi connectivity index (χ2n) is 4.96. The lowest BCUT2D eigenvalue weighted by atomic mass is 10.1. The van der Waals surface area contributed by atoms with Gasteiger partial charge in [-0.2, -0.15) is 0 Å². The van der Waals surface area contributed by atoms with Gasteiger partial charge in [-0.1, -0.05) is 30.7 Å². The molecule has 0 fully saturated rings. The van der Waals surface area contributed by atoms with Gasteiger partial charge in [0.15, 0.2) is 0 Å². The van der Waals surface area contributed by atoms with Gasteiger partial charge in [0.1, 0.15) is 0 Å². The highest BCUT2D eigenvalue weighted by Crippen LogP contribution is 2.17. The number of aliphatic carboxylic acids is 1. The molecule has 4 nitrogen and oxygen atoms in total. The molecule has 0 aromatic heterocycles. The Morgan fingerprint density at radius 1 is 1.40 bits per heavy atom. The second-order valence-corrected chi connectivity index (χ2v) is 5.37. The fourth-order valence-corrected chi connectivity index (χ4v) is 1.89. The lowest BCUT2D eigenvalue weighted by molar-refractivity contribution is -0.141. The SMILES string of the molecule is Cc1ccc(CCC(=O)NCCC(C)C(=O)O)cc1Cl. The zero-order valence-electron chi connectivity index (χ0n) is 11.8. The van der Waals surface area contributed by atoms with Gasteiger partial charge in [0.2, 0.25) is 5.91 Å². The molecule has 0 saturated heterocycles. The molecule has 5 heteroatoms. The molecule has 2 N–H and O–H groups in total. The lowest BCUT2D eigenvalue weighted by Crippen LogP contribution is -2.27. The second kappa shape index (κ2) is 7.90. The predicted octanol–water partition coefficient (Wildman–Crippen LogP) is 2.81. The van der Waals surface area contributed by atoms with Crippen molar-refractivity contribution in [3.63, 3.8) is 0 Å². The number of hydrogen-bond acceptors (Lipinski definition) is 2. The van der Waals surface area contributed by atoms with Crippen molar-refractivity contribution < 1.29 is 14.7 Å². The first kappa shape index (κ1) is 16.5. The third-order valence-corrected chi connectivity index (χ3v) is 3.61. The van der Waals surface area contributed by atoms with Crippen LogP contribution >= 0.6 is 11.6 Å². The maximum atomic E-state index is 11.6. The number of halogens is 1. The van der Waals surface area contributed by atoms with E-state index in [1.165, 1.54) is 0 Å². The number of rotatable bonds is 7. The van der Waals surface area contributed by atoms with Crippen LogP contribution in [0.15, 0.2) is 18.2 Å². The first-order valence-electron chi connectivity index (χ1n) is 6.64. The molecule has 0 aliphatic carbocycles. The summed E-state index contributed by atoms with van der Waals surface area (Å²) in [7, 11) is 0. The van der Waals surface area contributed by atoms with E-state index in [1.54, 1.807) is 6.92 Å². The van der Waals surface area contributed by atoms with Crippen LogP contribution in [0.2, 0.25) is 5.02 Å². The molecular weight excluding hydrogens is 278 g/mol. The largest absolute Gasteiger partial charge is 0.481 e. The number of aryl methyl sites for hydroxylation is 2. The van der Waals surface area contributed by atoms with Gasteiger partial charge < -0.3 is 10.4 Å². The summed E-state index contributed by atoms with van der Waals surface area (Å²) in [6.07, 6.45) is 1.44. The van der Waals surface area contributed by atoms with Crippen molar-refractivity contribution in [2.45, 2.75) is 33.1 Å². The van der Waals surface area contributed by atoms with Crippen LogP contribution in [0.25, 0.3) is 0 Å². The van der Waals surface area contributed by atoms with E-state index in [9.17, 15) is 9.59 Å². The molecule has 0 saturated carbocycles. The molecular formula is C15H20ClNO3. The van der Waals surface area contributed by atoms with E-state index >= 15 is 0 Å². The van der Waals surface area contributed by atoms with E-state index in [2.05, 4.69) is 5.32 Å². The fourth-order valence-electron chi connectivity index (χ4n) is 1.69. The Morgan fingerprint density at radius 2 is 2.10 bits per heavy atom. The quantitative estimate of drug-likeness (QED) is 0.813. The van der Waals surface area contributed by atoms with Crippen molar-refractivity contribution in [2.24, 2.45) is 5.92 Å². The van der Waals surface area contributed by atoms with E-state index < -0.39 is 11.9 Å². The van der Waals surface area contributed by atoms with E-state index in [0.29, 0.717) is 30.8 Å². The molecule has 0 aliphatic heterocycles. The van der Waals surface area contributed by atoms with Crippen LogP contribution in [0.1, 0.15) is 30.9 Å². The highest BCUT2D eigenvalue weighted by atomic mass is 35.5. The normalized spacial score (nSPS) is 11.9. The Balaban J connectivity index is 2.29. The zero-order valence-corrected chi connectivity index (χ0v) is 12.5. The third-order valence-electron chi connectivity index (χ3n) is 3.20. The average molecular weight is 298 g/mol. The molecule has 1 amide bonds. The molecule has 0 spiro atoms. The minimum absolute atomic E-state index is 0.0701. The van der Waals surface area contributed by atoms with Crippen LogP contribution in [0, 0.1) is 12.8 Å². The first-order valence-corrected chi connectivity index (χ1v) is 7.02. The van der Waals surface area contributed by atoms with Crippen LogP contribution in [0.5, 0.6) is 0 Å². The molecule has 0 bridgehead atoms. The van der Waals surface area contributed by atoms with Gasteiger partial charge in [-0.25, -0.2) is 0 Å². The summed E-state index contributed by atoms with van der Waals surface area (Å²) in [5.74, 6) is -1.35. The molecule has 0 heterocycles. The molecule has 1 unspecified atom stereocenters. The third kappa shape index (κ3) is 5.61. The van der Waals surface area contributed by atoms with E-state index in [-0.39, 0.29) is 5.91 Å². The number of carboxylic acids is 1. The summed E-state index contributed by atoms with van der Waals surface area (Å²) in [5, 5.41) is 12.2. The molecule has 0 aliphatic rings. The zero-order chi connectivity index (χ0) is 15.1. The monoisotopic (exact) mass is 297 g/mol. The molecule has 110 valence electrons. The van der Waals surface area contributed by atoms with Gasteiger partial charge >= 0.3 is 5.97 Å². The molecule has 20 heavy (non-hydrogen) atoms. The highest BCUT2D eigenvalue weighted by Gasteiger charge is 2.10. The van der Waals surface area contributed by atoms with Crippen molar-refractivity contribution in [1.29, 1.82) is 0 Å². The minimum Gasteiger partial charge on any atom is -0.481 e. The van der Waals surface area contributed by atoms with Crippen molar-refractivity contribution >= 4 is 23.5 Å². The number of nitrogens with one attached hydrogen (secondary N) is 1. The summed E-state index contributed by atoms with van der Waals surface area (Å²) in [4.78, 5) is 22.2. The standard InChI is InChI=1S/C15H20ClNO3/c1-10-3-4-12(9-13(10)16)5-6-14(18)17-8-7-11(2)15(19)20/h3-4,9,11H,5-8H2,1-2H3,(H,17,18)(H,19,20). The van der Waals surface area contributed by atoms with Crippen molar-refractivity contribution in [2.75, 3.05) is 6.54 Å². The first-order chi connectivity index (χ1) is 9.40. The number of carboxylic acid groups (broad SMARTS) is 1. The van der Waals surface area contributed by atoms with Crippen LogP contribution in [-0.2, 0) is 16.0 Å². The van der Waals surface area contributed by atoms with Crippen molar-refractivity contribution in [3.8, 4) is 0 Å². The van der Waals surface area contributed by atoms with E-state index in [0.717, 1.165) is 11.1 Å². The maximum absolute atomic E-state index is 11.6. The van der Waals surface area contributed by atoms with Gasteiger partial charge in [-0.05, 0) is 37.0 Å². The molecule has 0 radical (unpaired) electrons. The number of benzene rings is 1. The average Bonchev–Trinajstić information content (AvgIpc) is 2.40. The Labute approximate surface area is 124 Å². The van der Waals surface area contributed by atoms with Crippen molar-refractivity contribution in [1.82, 2.24) is 5.32 Å². The topological polar surface area (TPSA) is 66.4 Å². The Kier molecular flexibility index (Phi) is 6.52. The van der Waals surface area contributed by atoms with E-state index in [4.69, 9.17) is 16.7 Å². The summed E-state index contributed by atoms with van der Waals surface area (Å²) in [6.45, 7) is 3.95. The Hall–Kier alpha value is -1.55.